The molecule has 1 heterocycles. The van der Waals surface area contributed by atoms with E-state index in [0.29, 0.717) is 22.4 Å². The third-order valence-corrected chi connectivity index (χ3v) is 5.07. The Balaban J connectivity index is 1.93. The van der Waals surface area contributed by atoms with Gasteiger partial charge in [0.15, 0.2) is 5.78 Å². The largest absolute Gasteiger partial charge is 0.464 e. The van der Waals surface area contributed by atoms with E-state index in [2.05, 4.69) is 4.98 Å². The maximum Gasteiger partial charge on any atom is 0.354 e. The summed E-state index contributed by atoms with van der Waals surface area (Å²) in [6.07, 6.45) is 1.80. The van der Waals surface area contributed by atoms with Crippen LogP contribution in [0.2, 0.25) is 0 Å². The number of benzene rings is 1. The number of carbonyl (C=O) groups excluding carboxylic acids is 3. The summed E-state index contributed by atoms with van der Waals surface area (Å²) in [6.45, 7) is 5.22. The van der Waals surface area contributed by atoms with Crippen molar-refractivity contribution >= 4 is 17.7 Å². The van der Waals surface area contributed by atoms with Gasteiger partial charge in [-0.3, -0.25) is 9.59 Å². The van der Waals surface area contributed by atoms with E-state index in [4.69, 9.17) is 4.74 Å². The van der Waals surface area contributed by atoms with Crippen LogP contribution in [-0.2, 0) is 4.74 Å². The minimum atomic E-state index is -0.621. The number of rotatable bonds is 6. The maximum absolute atomic E-state index is 13.3. The number of hydrogen-bond donors (Lipinski definition) is 1. The van der Waals surface area contributed by atoms with Crippen molar-refractivity contribution < 1.29 is 19.1 Å². The van der Waals surface area contributed by atoms with E-state index < -0.39 is 12.0 Å². The summed E-state index contributed by atoms with van der Waals surface area (Å²) in [6, 6.07) is 8.46. The molecule has 6 heteroatoms. The molecular formula is C21H24N2O4. The van der Waals surface area contributed by atoms with Crippen molar-refractivity contribution in [3.05, 3.63) is 58.4 Å². The second-order valence-corrected chi connectivity index (χ2v) is 6.97. The molecule has 142 valence electrons. The second-order valence-electron chi connectivity index (χ2n) is 6.97. The molecule has 1 amide bonds. The third kappa shape index (κ3) is 3.52. The Labute approximate surface area is 158 Å². The summed E-state index contributed by atoms with van der Waals surface area (Å²) in [5, 5.41) is 0. The lowest BCUT2D eigenvalue weighted by Gasteiger charge is -2.29. The van der Waals surface area contributed by atoms with Crippen molar-refractivity contribution in [3.8, 4) is 0 Å². The summed E-state index contributed by atoms with van der Waals surface area (Å²) in [4.78, 5) is 42.8. The van der Waals surface area contributed by atoms with Crippen LogP contribution in [0, 0.1) is 13.8 Å². The van der Waals surface area contributed by atoms with Crippen molar-refractivity contribution in [1.29, 1.82) is 0 Å². The van der Waals surface area contributed by atoms with Gasteiger partial charge in [-0.1, -0.05) is 18.2 Å². The molecule has 0 bridgehead atoms. The highest BCUT2D eigenvalue weighted by Crippen LogP contribution is 2.32. The third-order valence-electron chi connectivity index (χ3n) is 5.07. The van der Waals surface area contributed by atoms with Gasteiger partial charge in [-0.2, -0.15) is 0 Å². The zero-order valence-corrected chi connectivity index (χ0v) is 16.0. The minimum absolute atomic E-state index is 0.0799. The molecule has 1 saturated carbocycles. The average molecular weight is 368 g/mol. The first-order valence-electron chi connectivity index (χ1n) is 9.06. The summed E-state index contributed by atoms with van der Waals surface area (Å²) < 4.78 is 4.77. The summed E-state index contributed by atoms with van der Waals surface area (Å²) >= 11 is 0. The van der Waals surface area contributed by atoms with E-state index in [1.54, 1.807) is 37.8 Å². The van der Waals surface area contributed by atoms with Crippen LogP contribution in [0.1, 0.15) is 62.2 Å². The maximum atomic E-state index is 13.3. The molecule has 0 saturated heterocycles. The highest BCUT2D eigenvalue weighted by atomic mass is 16.5. The number of carbonyl (C=O) groups is 3. The number of nitrogens with one attached hydrogen (secondary N) is 1. The Morgan fingerprint density at radius 1 is 1.15 bits per heavy atom. The first kappa shape index (κ1) is 18.9. The topological polar surface area (TPSA) is 79.5 Å². The monoisotopic (exact) mass is 368 g/mol. The molecule has 3 rings (SSSR count). The van der Waals surface area contributed by atoms with Gasteiger partial charge in [0.1, 0.15) is 5.69 Å². The smallest absolute Gasteiger partial charge is 0.354 e. The molecule has 1 unspecified atom stereocenters. The van der Waals surface area contributed by atoms with Crippen molar-refractivity contribution in [1.82, 2.24) is 9.88 Å². The highest BCUT2D eigenvalue weighted by molar-refractivity contribution is 6.07. The zero-order chi connectivity index (χ0) is 19.7. The molecule has 1 atom stereocenters. The fourth-order valence-electron chi connectivity index (χ4n) is 3.50. The fourth-order valence-corrected chi connectivity index (χ4v) is 3.50. The summed E-state index contributed by atoms with van der Waals surface area (Å²) in [5.74, 6) is -0.827. The second kappa shape index (κ2) is 7.39. The van der Waals surface area contributed by atoms with E-state index in [1.165, 1.54) is 7.11 Å². The molecule has 2 aromatic rings. The lowest BCUT2D eigenvalue weighted by Crippen LogP contribution is -2.45. The molecule has 1 fully saturated rings. The number of ether oxygens (including phenoxy) is 1. The van der Waals surface area contributed by atoms with Crippen molar-refractivity contribution in [2.45, 2.75) is 45.7 Å². The SMILES string of the molecule is COC(=O)c1[nH]c(C)c(C(=O)C(C)N(C(=O)c2ccccc2)C2CC2)c1C. The number of aromatic amines is 1. The number of Topliss-reactive ketones (excluding diaryl/α,β-unsaturated/α-hetero) is 1. The number of nitrogens with zero attached hydrogens (tertiary/aromatic N) is 1. The van der Waals surface area contributed by atoms with E-state index >= 15 is 0 Å². The average Bonchev–Trinajstić information content (AvgIpc) is 3.46. The molecule has 1 N–H and O–H groups in total. The van der Waals surface area contributed by atoms with Crippen molar-refractivity contribution in [3.63, 3.8) is 0 Å². The Hall–Kier alpha value is -2.89. The molecule has 0 spiro atoms. The van der Waals surface area contributed by atoms with Crippen LogP contribution < -0.4 is 0 Å². The van der Waals surface area contributed by atoms with Crippen LogP contribution >= 0.6 is 0 Å². The Morgan fingerprint density at radius 2 is 1.78 bits per heavy atom. The van der Waals surface area contributed by atoms with Gasteiger partial charge in [0.25, 0.3) is 5.91 Å². The standard InChI is InChI=1S/C21H24N2O4/c1-12-17(13(2)22-18(12)21(26)27-4)19(24)14(3)23(16-10-11-16)20(25)15-8-6-5-7-9-15/h5-9,14,16,22H,10-11H2,1-4H3. The summed E-state index contributed by atoms with van der Waals surface area (Å²) in [5.41, 5.74) is 2.46. The van der Waals surface area contributed by atoms with Crippen LogP contribution in [0.3, 0.4) is 0 Å². The molecule has 27 heavy (non-hydrogen) atoms. The molecular weight excluding hydrogens is 344 g/mol. The Bertz CT molecular complexity index is 881. The predicted octanol–water partition coefficient (Wildman–Crippen LogP) is 3.29. The molecule has 0 aliphatic heterocycles. The van der Waals surface area contributed by atoms with Crippen LogP contribution in [0.4, 0.5) is 0 Å². The molecule has 1 aromatic carbocycles. The number of methoxy groups -OCH3 is 1. The van der Waals surface area contributed by atoms with Gasteiger partial charge in [0, 0.05) is 22.9 Å². The first-order valence-corrected chi connectivity index (χ1v) is 9.06. The molecule has 1 aliphatic rings. The van der Waals surface area contributed by atoms with Gasteiger partial charge in [-0.25, -0.2) is 4.79 Å². The first-order chi connectivity index (χ1) is 12.9. The molecule has 1 aliphatic carbocycles. The van der Waals surface area contributed by atoms with Gasteiger partial charge in [0.2, 0.25) is 0 Å². The Morgan fingerprint density at radius 3 is 2.33 bits per heavy atom. The van der Waals surface area contributed by atoms with Gasteiger partial charge in [-0.05, 0) is 51.3 Å². The van der Waals surface area contributed by atoms with Crippen LogP contribution in [-0.4, -0.2) is 46.7 Å². The highest BCUT2D eigenvalue weighted by Gasteiger charge is 2.40. The number of ketones is 1. The van der Waals surface area contributed by atoms with E-state index in [0.717, 1.165) is 12.8 Å². The molecule has 1 aromatic heterocycles. The van der Waals surface area contributed by atoms with E-state index in [1.807, 2.05) is 18.2 Å². The number of aromatic nitrogens is 1. The predicted molar refractivity (Wildman–Crippen MR) is 101 cm³/mol. The minimum Gasteiger partial charge on any atom is -0.464 e. The normalized spacial score (nSPS) is 14.5. The quantitative estimate of drug-likeness (QED) is 0.627. The van der Waals surface area contributed by atoms with Gasteiger partial charge in [0.05, 0.1) is 13.2 Å². The van der Waals surface area contributed by atoms with Crippen LogP contribution in [0.15, 0.2) is 30.3 Å². The summed E-state index contributed by atoms with van der Waals surface area (Å²) in [7, 11) is 1.30. The Kier molecular flexibility index (Phi) is 5.17. The number of hydrogen-bond acceptors (Lipinski definition) is 4. The van der Waals surface area contributed by atoms with Crippen molar-refractivity contribution in [2.75, 3.05) is 7.11 Å². The van der Waals surface area contributed by atoms with Gasteiger partial charge in [-0.15, -0.1) is 0 Å². The van der Waals surface area contributed by atoms with Gasteiger partial charge >= 0.3 is 5.97 Å². The lowest BCUT2D eigenvalue weighted by molar-refractivity contribution is 0.0591. The number of amides is 1. The van der Waals surface area contributed by atoms with Crippen molar-refractivity contribution in [2.24, 2.45) is 0 Å². The van der Waals surface area contributed by atoms with E-state index in [9.17, 15) is 14.4 Å². The number of aryl methyl sites for hydroxylation is 1. The molecule has 0 radical (unpaired) electrons. The van der Waals surface area contributed by atoms with Gasteiger partial charge < -0.3 is 14.6 Å². The number of esters is 1. The zero-order valence-electron chi connectivity index (χ0n) is 16.0. The fraction of sp³-hybridized carbons (Fsp3) is 0.381. The number of H-pyrrole nitrogens is 1. The van der Waals surface area contributed by atoms with Crippen LogP contribution in [0.5, 0.6) is 0 Å². The van der Waals surface area contributed by atoms with Crippen LogP contribution in [0.25, 0.3) is 0 Å². The van der Waals surface area contributed by atoms with E-state index in [-0.39, 0.29) is 23.4 Å². The lowest BCUT2D eigenvalue weighted by atomic mass is 9.99. The molecule has 6 nitrogen and oxygen atoms in total.